The van der Waals surface area contributed by atoms with Crippen LogP contribution in [-0.4, -0.2) is 55.1 Å². The highest BCUT2D eigenvalue weighted by Gasteiger charge is 2.57. The fourth-order valence-electron chi connectivity index (χ4n) is 4.10. The number of imidazole rings is 1. The van der Waals surface area contributed by atoms with E-state index in [4.69, 9.17) is 37.4 Å². The van der Waals surface area contributed by atoms with Gasteiger partial charge in [0.05, 0.1) is 17.5 Å². The maximum atomic E-state index is 12.9. The van der Waals surface area contributed by atoms with Gasteiger partial charge >= 0.3 is 11.9 Å². The summed E-state index contributed by atoms with van der Waals surface area (Å²) in [6.45, 7) is 1.47. The van der Waals surface area contributed by atoms with Gasteiger partial charge in [0, 0.05) is 0 Å². The highest BCUT2D eigenvalue weighted by molar-refractivity contribution is 6.33. The predicted octanol–water partition coefficient (Wildman–Crippen LogP) is 4.46. The van der Waals surface area contributed by atoms with Crippen LogP contribution >= 0.6 is 23.2 Å². The number of halogens is 2. The number of carbonyl (C=O) groups is 2. The average Bonchev–Trinajstić information content (AvgIpc) is 3.42. The molecule has 1 aliphatic heterocycles. The zero-order valence-corrected chi connectivity index (χ0v) is 20.5. The molecule has 1 unspecified atom stereocenters. The first-order chi connectivity index (χ1) is 17.4. The molecule has 0 saturated carbocycles. The van der Waals surface area contributed by atoms with Crippen LogP contribution in [0.25, 0.3) is 11.2 Å². The molecule has 4 atom stereocenters. The summed E-state index contributed by atoms with van der Waals surface area (Å²) in [4.78, 5) is 36.7. The van der Waals surface area contributed by atoms with E-state index in [2.05, 4.69) is 15.0 Å². The molecule has 11 heteroatoms. The van der Waals surface area contributed by atoms with Crippen LogP contribution in [-0.2, 0) is 14.2 Å². The third kappa shape index (κ3) is 4.53. The van der Waals surface area contributed by atoms with E-state index in [0.29, 0.717) is 22.3 Å². The summed E-state index contributed by atoms with van der Waals surface area (Å²) in [6.07, 6.45) is 0.0207. The molecule has 2 aromatic heterocycles. The topological polar surface area (TPSA) is 105 Å². The molecule has 0 aliphatic carbocycles. The molecule has 184 valence electrons. The van der Waals surface area contributed by atoms with E-state index in [0.717, 1.165) is 0 Å². The van der Waals surface area contributed by atoms with Crippen LogP contribution in [0.3, 0.4) is 0 Å². The van der Waals surface area contributed by atoms with Gasteiger partial charge in [-0.1, -0.05) is 48.0 Å². The van der Waals surface area contributed by atoms with Crippen LogP contribution in [0.4, 0.5) is 0 Å². The maximum Gasteiger partial charge on any atom is 0.338 e. The molecule has 36 heavy (non-hydrogen) atoms. The van der Waals surface area contributed by atoms with Crippen LogP contribution in [0.15, 0.2) is 73.3 Å². The molecule has 5 rings (SSSR count). The van der Waals surface area contributed by atoms with Crippen LogP contribution in [0.1, 0.15) is 33.9 Å². The van der Waals surface area contributed by atoms with Crippen LogP contribution in [0.5, 0.6) is 0 Å². The summed E-state index contributed by atoms with van der Waals surface area (Å²) < 4.78 is 19.2. The minimum atomic E-state index is -1.29. The molecular formula is C25H20Cl2N4O5. The molecule has 2 aromatic carbocycles. The standard InChI is InChI=1S/C25H20Cl2N4O5/c1-25(27)19(36-23(33)16-10-6-3-7-11-16)17(12-34-22(32)15-8-4-2-5-9-15)35-24(25)31-14-30-18-20(26)28-13-29-21(18)31/h2-11,13-14,17,19,24H,12H2,1H3/t17-,19-,24?,25-/m1/s1. The van der Waals surface area contributed by atoms with E-state index in [1.807, 2.05) is 0 Å². The molecule has 3 heterocycles. The Morgan fingerprint density at radius 2 is 1.64 bits per heavy atom. The van der Waals surface area contributed by atoms with Gasteiger partial charge in [0.2, 0.25) is 0 Å². The fraction of sp³-hybridized carbons (Fsp3) is 0.240. The van der Waals surface area contributed by atoms with Crippen LogP contribution in [0, 0.1) is 0 Å². The lowest BCUT2D eigenvalue weighted by atomic mass is 10.0. The highest BCUT2D eigenvalue weighted by Crippen LogP contribution is 2.46. The largest absolute Gasteiger partial charge is 0.459 e. The number of hydrogen-bond acceptors (Lipinski definition) is 8. The number of benzene rings is 2. The smallest absolute Gasteiger partial charge is 0.338 e. The van der Waals surface area contributed by atoms with Crippen molar-refractivity contribution in [3.8, 4) is 0 Å². The predicted molar refractivity (Wildman–Crippen MR) is 131 cm³/mol. The lowest BCUT2D eigenvalue weighted by Crippen LogP contribution is -2.43. The molecule has 0 radical (unpaired) electrons. The Labute approximate surface area is 215 Å². The molecule has 0 amide bonds. The Balaban J connectivity index is 1.45. The number of nitrogens with zero attached hydrogens (tertiary/aromatic N) is 4. The second kappa shape index (κ2) is 9.85. The molecule has 1 aliphatic rings. The quantitative estimate of drug-likeness (QED) is 0.206. The van der Waals surface area contributed by atoms with Gasteiger partial charge in [-0.15, -0.1) is 11.6 Å². The number of esters is 2. The van der Waals surface area contributed by atoms with Crippen molar-refractivity contribution in [1.29, 1.82) is 0 Å². The molecule has 1 saturated heterocycles. The number of ether oxygens (including phenoxy) is 3. The summed E-state index contributed by atoms with van der Waals surface area (Å²) in [5.74, 6) is -1.13. The third-order valence-corrected chi connectivity index (χ3v) is 6.56. The van der Waals surface area contributed by atoms with E-state index in [1.165, 1.54) is 12.7 Å². The Morgan fingerprint density at radius 1 is 1.00 bits per heavy atom. The molecule has 0 spiro atoms. The first kappa shape index (κ1) is 24.2. The van der Waals surface area contributed by atoms with Crippen molar-refractivity contribution < 1.29 is 23.8 Å². The van der Waals surface area contributed by atoms with E-state index in [1.54, 1.807) is 72.2 Å². The maximum absolute atomic E-state index is 12.9. The Morgan fingerprint density at radius 3 is 2.31 bits per heavy atom. The van der Waals surface area contributed by atoms with E-state index in [-0.39, 0.29) is 11.8 Å². The Bertz CT molecular complexity index is 1400. The second-order valence-electron chi connectivity index (χ2n) is 8.32. The van der Waals surface area contributed by atoms with Crippen LogP contribution < -0.4 is 0 Å². The fourth-order valence-corrected chi connectivity index (χ4v) is 4.62. The number of aromatic nitrogens is 4. The zero-order chi connectivity index (χ0) is 25.3. The molecule has 0 N–H and O–H groups in total. The van der Waals surface area contributed by atoms with Gasteiger partial charge in [-0.05, 0) is 31.2 Å². The molecule has 1 fully saturated rings. The van der Waals surface area contributed by atoms with Crippen molar-refractivity contribution in [1.82, 2.24) is 19.5 Å². The average molecular weight is 527 g/mol. The first-order valence-corrected chi connectivity index (χ1v) is 11.8. The van der Waals surface area contributed by atoms with Crippen molar-refractivity contribution in [2.45, 2.75) is 30.2 Å². The van der Waals surface area contributed by atoms with Gasteiger partial charge in [-0.3, -0.25) is 4.57 Å². The SMILES string of the molecule is C[C@]1(Cl)C(n2cnc3c(Cl)ncnc32)O[C@H](COC(=O)c2ccccc2)[C@H]1OC(=O)c1ccccc1. The number of alkyl halides is 1. The van der Waals surface area contributed by atoms with E-state index >= 15 is 0 Å². The van der Waals surface area contributed by atoms with Gasteiger partial charge in [0.15, 0.2) is 23.1 Å². The van der Waals surface area contributed by atoms with Gasteiger partial charge < -0.3 is 14.2 Å². The van der Waals surface area contributed by atoms with Gasteiger partial charge in [-0.2, -0.15) is 0 Å². The van der Waals surface area contributed by atoms with Crippen molar-refractivity contribution in [3.63, 3.8) is 0 Å². The van der Waals surface area contributed by atoms with Gasteiger partial charge in [0.25, 0.3) is 0 Å². The molecule has 4 aromatic rings. The summed E-state index contributed by atoms with van der Waals surface area (Å²) in [6, 6.07) is 17.1. The number of rotatable bonds is 6. The summed E-state index contributed by atoms with van der Waals surface area (Å²) in [5.41, 5.74) is 1.49. The highest BCUT2D eigenvalue weighted by atomic mass is 35.5. The molecule has 0 bridgehead atoms. The minimum Gasteiger partial charge on any atom is -0.459 e. The summed E-state index contributed by atoms with van der Waals surface area (Å²) in [7, 11) is 0. The second-order valence-corrected chi connectivity index (χ2v) is 9.50. The number of hydrogen-bond donors (Lipinski definition) is 0. The van der Waals surface area contributed by atoms with E-state index in [9.17, 15) is 9.59 Å². The van der Waals surface area contributed by atoms with Gasteiger partial charge in [0.1, 0.15) is 29.4 Å². The van der Waals surface area contributed by atoms with E-state index < -0.39 is 35.2 Å². The van der Waals surface area contributed by atoms with Crippen molar-refractivity contribution in [2.24, 2.45) is 0 Å². The van der Waals surface area contributed by atoms with Gasteiger partial charge in [-0.25, -0.2) is 24.5 Å². The summed E-state index contributed by atoms with van der Waals surface area (Å²) >= 11 is 13.2. The minimum absolute atomic E-state index is 0.174. The summed E-state index contributed by atoms with van der Waals surface area (Å²) in [5, 5.41) is 0.174. The molecule has 9 nitrogen and oxygen atoms in total. The van der Waals surface area contributed by atoms with Crippen molar-refractivity contribution >= 4 is 46.3 Å². The normalized spacial score (nSPS) is 23.5. The Kier molecular flexibility index (Phi) is 6.61. The lowest BCUT2D eigenvalue weighted by Gasteiger charge is -2.29. The van der Waals surface area contributed by atoms with Crippen molar-refractivity contribution in [2.75, 3.05) is 6.61 Å². The number of carbonyl (C=O) groups excluding carboxylic acids is 2. The third-order valence-electron chi connectivity index (χ3n) is 5.88. The first-order valence-electron chi connectivity index (χ1n) is 11.0. The van der Waals surface area contributed by atoms with Crippen molar-refractivity contribution in [3.05, 3.63) is 89.6 Å². The number of fused-ring (bicyclic) bond motifs is 1. The zero-order valence-electron chi connectivity index (χ0n) is 19.0. The molecular weight excluding hydrogens is 507 g/mol. The van der Waals surface area contributed by atoms with Crippen LogP contribution in [0.2, 0.25) is 5.15 Å². The monoisotopic (exact) mass is 526 g/mol. The Hall–Kier alpha value is -3.53. The lowest BCUT2D eigenvalue weighted by molar-refractivity contribution is -0.0565.